The molecule has 4 heterocycles. The van der Waals surface area contributed by atoms with E-state index in [0.717, 1.165) is 28.1 Å². The van der Waals surface area contributed by atoms with Gasteiger partial charge in [0.25, 0.3) is 0 Å². The van der Waals surface area contributed by atoms with Gasteiger partial charge in [0, 0.05) is 23.0 Å². The molecular weight excluding hydrogens is 444 g/mol. The Morgan fingerprint density at radius 3 is 2.66 bits per heavy atom. The third kappa shape index (κ3) is 4.43. The molecule has 10 nitrogen and oxygen atoms in total. The fraction of sp³-hybridized carbons (Fsp3) is 0.240. The van der Waals surface area contributed by atoms with Crippen LogP contribution in [-0.2, 0) is 0 Å². The quantitative estimate of drug-likeness (QED) is 0.363. The van der Waals surface area contributed by atoms with Crippen LogP contribution in [0.1, 0.15) is 36.9 Å². The Morgan fingerprint density at radius 1 is 1.06 bits per heavy atom. The Kier molecular flexibility index (Phi) is 5.87. The largest absolute Gasteiger partial charge is 0.477 e. The zero-order valence-electron chi connectivity index (χ0n) is 20.0. The van der Waals surface area contributed by atoms with Gasteiger partial charge >= 0.3 is 0 Å². The molecule has 0 aliphatic heterocycles. The van der Waals surface area contributed by atoms with Crippen LogP contribution < -0.4 is 10.1 Å². The van der Waals surface area contributed by atoms with Crippen LogP contribution in [0, 0.1) is 13.8 Å². The van der Waals surface area contributed by atoms with E-state index in [2.05, 4.69) is 25.6 Å². The number of aliphatic hydroxyl groups excluding tert-OH is 1. The van der Waals surface area contributed by atoms with E-state index in [0.29, 0.717) is 35.5 Å². The molecule has 0 bridgehead atoms. The van der Waals surface area contributed by atoms with Gasteiger partial charge in [0.1, 0.15) is 12.1 Å². The van der Waals surface area contributed by atoms with E-state index in [1.54, 1.807) is 17.9 Å². The molecule has 0 spiro atoms. The number of hydrogen-bond acceptors (Lipinski definition) is 8. The highest BCUT2D eigenvalue weighted by Gasteiger charge is 2.18. The molecule has 1 aromatic carbocycles. The maximum Gasteiger partial charge on any atom is 0.233 e. The molecule has 1 atom stereocenters. The van der Waals surface area contributed by atoms with Crippen molar-refractivity contribution < 1.29 is 9.84 Å². The standard InChI is InChI=1S/C25H26N8O2/c1-5-35-24-12-16(3)33(31-24)25-19(17(4)34)8-11-23(28-25)32-14-26-20-9-7-18(13-21(20)32)27-22-10-6-15(2)29-30-22/h6-14,17,34H,5H2,1-4H3,(H,27,30). The van der Waals surface area contributed by atoms with Crippen LogP contribution in [0.15, 0.2) is 54.9 Å². The molecule has 10 heteroatoms. The Balaban J connectivity index is 1.57. The first-order chi connectivity index (χ1) is 16.9. The summed E-state index contributed by atoms with van der Waals surface area (Å²) in [6.45, 7) is 7.95. The number of nitrogens with one attached hydrogen (secondary N) is 1. The summed E-state index contributed by atoms with van der Waals surface area (Å²) < 4.78 is 9.16. The predicted molar refractivity (Wildman–Crippen MR) is 133 cm³/mol. The van der Waals surface area contributed by atoms with E-state index in [9.17, 15) is 5.11 Å². The van der Waals surface area contributed by atoms with Crippen molar-refractivity contribution >= 4 is 22.5 Å². The van der Waals surface area contributed by atoms with Crippen molar-refractivity contribution in [2.24, 2.45) is 0 Å². The van der Waals surface area contributed by atoms with Crippen molar-refractivity contribution in [3.63, 3.8) is 0 Å². The number of benzene rings is 1. The summed E-state index contributed by atoms with van der Waals surface area (Å²) in [7, 11) is 0. The van der Waals surface area contributed by atoms with Crippen molar-refractivity contribution in [2.45, 2.75) is 33.8 Å². The molecule has 0 fully saturated rings. The summed E-state index contributed by atoms with van der Waals surface area (Å²) in [5, 5.41) is 26.5. The second-order valence-electron chi connectivity index (χ2n) is 8.23. The van der Waals surface area contributed by atoms with E-state index in [1.807, 2.05) is 73.9 Å². The van der Waals surface area contributed by atoms with Gasteiger partial charge < -0.3 is 15.2 Å². The summed E-state index contributed by atoms with van der Waals surface area (Å²) in [6.07, 6.45) is 1.01. The molecule has 0 saturated carbocycles. The molecule has 0 radical (unpaired) electrons. The highest BCUT2D eigenvalue weighted by Crippen LogP contribution is 2.27. The van der Waals surface area contributed by atoms with Gasteiger partial charge in [-0.3, -0.25) is 4.57 Å². The van der Waals surface area contributed by atoms with Gasteiger partial charge in [0.2, 0.25) is 5.88 Å². The number of pyridine rings is 1. The number of aliphatic hydroxyl groups is 1. The van der Waals surface area contributed by atoms with Gasteiger partial charge in [0.05, 0.1) is 29.4 Å². The molecule has 1 unspecified atom stereocenters. The normalized spacial score (nSPS) is 12.1. The van der Waals surface area contributed by atoms with Crippen molar-refractivity contribution in [2.75, 3.05) is 11.9 Å². The number of nitrogens with zero attached hydrogens (tertiary/aromatic N) is 7. The van der Waals surface area contributed by atoms with Gasteiger partial charge in [-0.1, -0.05) is 0 Å². The molecule has 0 saturated heterocycles. The third-order valence-electron chi connectivity index (χ3n) is 5.56. The van der Waals surface area contributed by atoms with Crippen LogP contribution in [-0.4, -0.2) is 46.2 Å². The zero-order valence-corrected chi connectivity index (χ0v) is 20.0. The average molecular weight is 471 g/mol. The molecule has 2 N–H and O–H groups in total. The number of imidazole rings is 1. The fourth-order valence-corrected chi connectivity index (χ4v) is 3.84. The van der Waals surface area contributed by atoms with Crippen LogP contribution in [0.25, 0.3) is 22.7 Å². The predicted octanol–water partition coefficient (Wildman–Crippen LogP) is 4.21. The molecule has 5 rings (SSSR count). The van der Waals surface area contributed by atoms with Crippen LogP contribution in [0.2, 0.25) is 0 Å². The first-order valence-corrected chi connectivity index (χ1v) is 11.4. The van der Waals surface area contributed by atoms with Crippen LogP contribution in [0.4, 0.5) is 11.5 Å². The lowest BCUT2D eigenvalue weighted by Gasteiger charge is -2.15. The monoisotopic (exact) mass is 470 g/mol. The highest BCUT2D eigenvalue weighted by atomic mass is 16.5. The molecule has 178 valence electrons. The first kappa shape index (κ1) is 22.5. The van der Waals surface area contributed by atoms with Crippen LogP contribution >= 0.6 is 0 Å². The first-order valence-electron chi connectivity index (χ1n) is 11.4. The zero-order chi connectivity index (χ0) is 24.5. The molecule has 0 aliphatic rings. The van der Waals surface area contributed by atoms with Crippen molar-refractivity contribution in [1.82, 2.24) is 34.5 Å². The van der Waals surface area contributed by atoms with E-state index >= 15 is 0 Å². The van der Waals surface area contributed by atoms with Gasteiger partial charge in [0.15, 0.2) is 11.6 Å². The number of aryl methyl sites for hydroxylation is 2. The minimum atomic E-state index is -0.725. The Morgan fingerprint density at radius 2 is 1.91 bits per heavy atom. The maximum absolute atomic E-state index is 10.4. The van der Waals surface area contributed by atoms with Crippen molar-refractivity contribution in [3.8, 4) is 17.5 Å². The smallest absolute Gasteiger partial charge is 0.233 e. The van der Waals surface area contributed by atoms with Crippen molar-refractivity contribution in [1.29, 1.82) is 0 Å². The fourth-order valence-electron chi connectivity index (χ4n) is 3.84. The molecular formula is C25H26N8O2. The molecule has 35 heavy (non-hydrogen) atoms. The minimum absolute atomic E-state index is 0.511. The number of fused-ring (bicyclic) bond motifs is 1. The Labute approximate surface area is 202 Å². The second-order valence-corrected chi connectivity index (χ2v) is 8.23. The van der Waals surface area contributed by atoms with E-state index in [1.165, 1.54) is 0 Å². The molecule has 5 aromatic rings. The minimum Gasteiger partial charge on any atom is -0.477 e. The van der Waals surface area contributed by atoms with Gasteiger partial charge in [-0.05, 0) is 70.2 Å². The highest BCUT2D eigenvalue weighted by molar-refractivity contribution is 5.82. The summed E-state index contributed by atoms with van der Waals surface area (Å²) in [4.78, 5) is 9.42. The summed E-state index contributed by atoms with van der Waals surface area (Å²) >= 11 is 0. The lowest BCUT2D eigenvalue weighted by Crippen LogP contribution is -2.11. The number of ether oxygens (including phenoxy) is 1. The number of rotatable bonds is 7. The van der Waals surface area contributed by atoms with Crippen LogP contribution in [0.5, 0.6) is 5.88 Å². The summed E-state index contributed by atoms with van der Waals surface area (Å²) in [6, 6.07) is 15.2. The maximum atomic E-state index is 10.4. The molecule has 4 aromatic heterocycles. The lowest BCUT2D eigenvalue weighted by molar-refractivity contribution is 0.198. The topological polar surface area (TPSA) is 116 Å². The van der Waals surface area contributed by atoms with Crippen molar-refractivity contribution in [3.05, 3.63) is 71.8 Å². The second kappa shape index (κ2) is 9.15. The summed E-state index contributed by atoms with van der Waals surface area (Å²) in [5.41, 5.74) is 4.90. The summed E-state index contributed by atoms with van der Waals surface area (Å²) in [5.74, 6) is 2.35. The molecule has 0 aliphatic carbocycles. The van der Waals surface area contributed by atoms with Gasteiger partial charge in [-0.15, -0.1) is 10.2 Å². The van der Waals surface area contributed by atoms with E-state index in [4.69, 9.17) is 9.72 Å². The van der Waals surface area contributed by atoms with Gasteiger partial charge in [-0.25, -0.2) is 14.6 Å². The third-order valence-corrected chi connectivity index (χ3v) is 5.56. The Hall–Kier alpha value is -4.31. The SMILES string of the molecule is CCOc1cc(C)n(-c2nc(-n3cnc4ccc(Nc5ccc(C)nn5)cc43)ccc2C(C)O)n1. The Bertz CT molecular complexity index is 1490. The van der Waals surface area contributed by atoms with Crippen LogP contribution in [0.3, 0.4) is 0 Å². The van der Waals surface area contributed by atoms with E-state index in [-0.39, 0.29) is 0 Å². The average Bonchev–Trinajstić information content (AvgIpc) is 3.43. The molecule has 0 amide bonds. The number of hydrogen-bond donors (Lipinski definition) is 2. The lowest BCUT2D eigenvalue weighted by atomic mass is 10.1. The van der Waals surface area contributed by atoms with Gasteiger partial charge in [-0.2, -0.15) is 5.10 Å². The number of anilines is 2. The van der Waals surface area contributed by atoms with E-state index < -0.39 is 6.10 Å². The number of aromatic nitrogens is 7.